The van der Waals surface area contributed by atoms with Gasteiger partial charge in [-0.15, -0.1) is 0 Å². The highest BCUT2D eigenvalue weighted by atomic mass is 19.1. The van der Waals surface area contributed by atoms with E-state index in [0.29, 0.717) is 24.2 Å². The zero-order chi connectivity index (χ0) is 12.7. The van der Waals surface area contributed by atoms with Gasteiger partial charge in [0.2, 0.25) is 0 Å². The fourth-order valence-corrected chi connectivity index (χ4v) is 1.88. The average Bonchev–Trinajstić information content (AvgIpc) is 2.32. The zero-order valence-electron chi connectivity index (χ0n) is 10.3. The molecule has 1 aromatic rings. The Balaban J connectivity index is 2.77. The molecule has 0 amide bonds. The number of aliphatic hydroxyl groups is 1. The highest BCUT2D eigenvalue weighted by Gasteiger charge is 2.10. The Morgan fingerprint density at radius 3 is 2.59 bits per heavy atom. The van der Waals surface area contributed by atoms with Gasteiger partial charge in [0.25, 0.3) is 0 Å². The lowest BCUT2D eigenvalue weighted by atomic mass is 10.1. The molecule has 0 heterocycles. The van der Waals surface area contributed by atoms with Crippen molar-refractivity contribution < 1.29 is 9.50 Å². The Bertz CT molecular complexity index is 338. The van der Waals surface area contributed by atoms with Gasteiger partial charge in [0.05, 0.1) is 6.61 Å². The van der Waals surface area contributed by atoms with Crippen LogP contribution in [0.1, 0.15) is 24.5 Å². The number of aliphatic hydroxyl groups excluding tert-OH is 1. The Kier molecular flexibility index (Phi) is 6.11. The van der Waals surface area contributed by atoms with Crippen molar-refractivity contribution >= 4 is 0 Å². The van der Waals surface area contributed by atoms with Crippen LogP contribution in [0.5, 0.6) is 0 Å². The maximum absolute atomic E-state index is 13.9. The predicted molar refractivity (Wildman–Crippen MR) is 66.9 cm³/mol. The van der Waals surface area contributed by atoms with Gasteiger partial charge in [0.15, 0.2) is 0 Å². The van der Waals surface area contributed by atoms with Crippen LogP contribution in [0, 0.1) is 5.82 Å². The first-order valence-electron chi connectivity index (χ1n) is 6.02. The second-order valence-corrected chi connectivity index (χ2v) is 4.09. The van der Waals surface area contributed by atoms with Crippen LogP contribution in [-0.4, -0.2) is 29.7 Å². The fraction of sp³-hybridized carbons (Fsp3) is 0.538. The molecule has 0 aliphatic rings. The van der Waals surface area contributed by atoms with Crippen LogP contribution in [0.4, 0.5) is 4.39 Å². The average molecular weight is 240 g/mol. The Hall–Kier alpha value is -0.970. The summed E-state index contributed by atoms with van der Waals surface area (Å²) in [7, 11) is 0. The van der Waals surface area contributed by atoms with Gasteiger partial charge in [-0.05, 0) is 13.0 Å². The summed E-state index contributed by atoms with van der Waals surface area (Å²) in [5, 5.41) is 8.96. The highest BCUT2D eigenvalue weighted by Crippen LogP contribution is 2.14. The summed E-state index contributed by atoms with van der Waals surface area (Å²) in [6.45, 7) is 4.32. The quantitative estimate of drug-likeness (QED) is 0.759. The molecule has 0 atom stereocenters. The minimum Gasteiger partial charge on any atom is -0.395 e. The van der Waals surface area contributed by atoms with Crippen molar-refractivity contribution in [3.63, 3.8) is 0 Å². The van der Waals surface area contributed by atoms with E-state index < -0.39 is 0 Å². The summed E-state index contributed by atoms with van der Waals surface area (Å²) >= 11 is 0. The maximum Gasteiger partial charge on any atom is 0.132 e. The van der Waals surface area contributed by atoms with Crippen molar-refractivity contribution in [1.82, 2.24) is 4.90 Å². The van der Waals surface area contributed by atoms with Crippen LogP contribution >= 0.6 is 0 Å². The lowest BCUT2D eigenvalue weighted by Gasteiger charge is -2.21. The summed E-state index contributed by atoms with van der Waals surface area (Å²) in [4.78, 5) is 2.04. The van der Waals surface area contributed by atoms with E-state index in [1.54, 1.807) is 12.1 Å². The van der Waals surface area contributed by atoms with E-state index in [2.05, 4.69) is 6.92 Å². The fourth-order valence-electron chi connectivity index (χ4n) is 1.88. The molecule has 3 N–H and O–H groups in total. The van der Waals surface area contributed by atoms with Crippen molar-refractivity contribution in [1.29, 1.82) is 0 Å². The van der Waals surface area contributed by atoms with Gasteiger partial charge in [0.1, 0.15) is 5.82 Å². The maximum atomic E-state index is 13.9. The Morgan fingerprint density at radius 2 is 2.00 bits per heavy atom. The summed E-state index contributed by atoms with van der Waals surface area (Å²) in [5.41, 5.74) is 6.67. The monoisotopic (exact) mass is 240 g/mol. The molecule has 0 radical (unpaired) electrons. The van der Waals surface area contributed by atoms with Gasteiger partial charge in [0, 0.05) is 30.8 Å². The molecule has 4 heteroatoms. The molecule has 96 valence electrons. The van der Waals surface area contributed by atoms with Crippen LogP contribution in [-0.2, 0) is 13.1 Å². The highest BCUT2D eigenvalue weighted by molar-refractivity contribution is 5.25. The van der Waals surface area contributed by atoms with Gasteiger partial charge in [-0.3, -0.25) is 4.90 Å². The first-order chi connectivity index (χ1) is 8.22. The number of hydrogen-bond donors (Lipinski definition) is 2. The lowest BCUT2D eigenvalue weighted by Crippen LogP contribution is -2.27. The van der Waals surface area contributed by atoms with E-state index in [1.165, 1.54) is 0 Å². The molecule has 1 rings (SSSR count). The van der Waals surface area contributed by atoms with E-state index in [0.717, 1.165) is 13.0 Å². The smallest absolute Gasteiger partial charge is 0.132 e. The molecular formula is C13H21FN2O. The molecule has 0 aromatic heterocycles. The summed E-state index contributed by atoms with van der Waals surface area (Å²) in [5.74, 6) is -0.214. The van der Waals surface area contributed by atoms with Crippen molar-refractivity contribution in [2.75, 3.05) is 19.7 Å². The molecule has 1 aromatic carbocycles. The van der Waals surface area contributed by atoms with Gasteiger partial charge in [-0.25, -0.2) is 4.39 Å². The minimum atomic E-state index is -0.214. The normalized spacial score (nSPS) is 11.1. The molecule has 0 unspecified atom stereocenters. The lowest BCUT2D eigenvalue weighted by molar-refractivity contribution is 0.189. The standard InChI is InChI=1S/C13H21FN2O/c1-2-6-16(7-8-17)10-12-5-3-4-11(9-15)13(12)14/h3-5,17H,2,6-10,15H2,1H3. The molecule has 17 heavy (non-hydrogen) atoms. The van der Waals surface area contributed by atoms with Crippen LogP contribution in [0.15, 0.2) is 18.2 Å². The molecule has 0 bridgehead atoms. The molecule has 0 aliphatic carbocycles. The second-order valence-electron chi connectivity index (χ2n) is 4.09. The summed E-state index contributed by atoms with van der Waals surface area (Å²) in [6.07, 6.45) is 0.984. The van der Waals surface area contributed by atoms with E-state index in [9.17, 15) is 4.39 Å². The molecular weight excluding hydrogens is 219 g/mol. The molecule has 0 spiro atoms. The number of rotatable bonds is 7. The zero-order valence-corrected chi connectivity index (χ0v) is 10.3. The van der Waals surface area contributed by atoms with Crippen molar-refractivity contribution in [3.05, 3.63) is 35.1 Å². The van der Waals surface area contributed by atoms with Crippen LogP contribution in [0.25, 0.3) is 0 Å². The first kappa shape index (κ1) is 14.1. The number of hydrogen-bond acceptors (Lipinski definition) is 3. The number of halogens is 1. The Labute approximate surface area is 102 Å². The SMILES string of the molecule is CCCN(CCO)Cc1cccc(CN)c1F. The van der Waals surface area contributed by atoms with Crippen molar-refractivity contribution in [2.24, 2.45) is 5.73 Å². The van der Waals surface area contributed by atoms with E-state index >= 15 is 0 Å². The van der Waals surface area contributed by atoms with E-state index in [-0.39, 0.29) is 19.0 Å². The molecule has 3 nitrogen and oxygen atoms in total. The van der Waals surface area contributed by atoms with Gasteiger partial charge >= 0.3 is 0 Å². The van der Waals surface area contributed by atoms with Crippen molar-refractivity contribution in [2.45, 2.75) is 26.4 Å². The van der Waals surface area contributed by atoms with Crippen LogP contribution in [0.3, 0.4) is 0 Å². The molecule has 0 saturated carbocycles. The topological polar surface area (TPSA) is 49.5 Å². The molecule has 0 aliphatic heterocycles. The van der Waals surface area contributed by atoms with Gasteiger partial charge in [-0.1, -0.05) is 25.1 Å². The number of benzene rings is 1. The first-order valence-corrected chi connectivity index (χ1v) is 6.02. The van der Waals surface area contributed by atoms with E-state index in [1.807, 2.05) is 11.0 Å². The van der Waals surface area contributed by atoms with Crippen LogP contribution in [0.2, 0.25) is 0 Å². The van der Waals surface area contributed by atoms with Crippen molar-refractivity contribution in [3.8, 4) is 0 Å². The van der Waals surface area contributed by atoms with E-state index in [4.69, 9.17) is 10.8 Å². The van der Waals surface area contributed by atoms with Gasteiger partial charge in [-0.2, -0.15) is 0 Å². The third-order valence-corrected chi connectivity index (χ3v) is 2.73. The van der Waals surface area contributed by atoms with Crippen LogP contribution < -0.4 is 5.73 Å². The molecule has 0 saturated heterocycles. The second kappa shape index (κ2) is 7.37. The largest absolute Gasteiger partial charge is 0.395 e. The Morgan fingerprint density at radius 1 is 1.29 bits per heavy atom. The number of nitrogens with zero attached hydrogens (tertiary/aromatic N) is 1. The minimum absolute atomic E-state index is 0.0954. The summed E-state index contributed by atoms with van der Waals surface area (Å²) in [6, 6.07) is 5.30. The number of nitrogens with two attached hydrogens (primary N) is 1. The predicted octanol–water partition coefficient (Wildman–Crippen LogP) is 1.49. The van der Waals surface area contributed by atoms with Gasteiger partial charge < -0.3 is 10.8 Å². The summed E-state index contributed by atoms with van der Waals surface area (Å²) < 4.78 is 13.9. The third kappa shape index (κ3) is 4.07. The molecule has 0 fully saturated rings. The third-order valence-electron chi connectivity index (χ3n) is 2.73.